The van der Waals surface area contributed by atoms with Gasteiger partial charge in [-0.15, -0.1) is 0 Å². The number of hydrogen-bond donors (Lipinski definition) is 0. The highest BCUT2D eigenvalue weighted by Gasteiger charge is 2.59. The molecule has 0 bridgehead atoms. The summed E-state index contributed by atoms with van der Waals surface area (Å²) in [5.41, 5.74) is -0.983. The number of fused-ring (bicyclic) bond motifs is 3. The van der Waals surface area contributed by atoms with Gasteiger partial charge in [0.1, 0.15) is 10.6 Å². The Morgan fingerprint density at radius 2 is 1.62 bits per heavy atom. The van der Waals surface area contributed by atoms with E-state index in [4.69, 9.17) is 9.57 Å². The Morgan fingerprint density at radius 3 is 2.30 bits per heavy atom. The quantitative estimate of drug-likeness (QED) is 0.290. The highest BCUT2D eigenvalue weighted by molar-refractivity contribution is 7.92. The average molecular weight is 538 g/mol. The van der Waals surface area contributed by atoms with Crippen LogP contribution in [0, 0.1) is 17.6 Å². The summed E-state index contributed by atoms with van der Waals surface area (Å²) >= 11 is 0. The highest BCUT2D eigenvalue weighted by atomic mass is 32.2. The lowest BCUT2D eigenvalue weighted by Crippen LogP contribution is -2.52. The number of oxime groups is 1. The molecule has 2 atom stereocenters. The van der Waals surface area contributed by atoms with Gasteiger partial charge in [0.25, 0.3) is 0 Å². The summed E-state index contributed by atoms with van der Waals surface area (Å²) in [5.74, 6) is -2.85. The molecule has 1 saturated carbocycles. The number of para-hydroxylation sites is 1. The van der Waals surface area contributed by atoms with Crippen molar-refractivity contribution in [3.05, 3.63) is 89.5 Å². The van der Waals surface area contributed by atoms with Crippen LogP contribution < -0.4 is 9.57 Å². The zero-order chi connectivity index (χ0) is 26.4. The van der Waals surface area contributed by atoms with Gasteiger partial charge in [-0.3, -0.25) is 0 Å². The van der Waals surface area contributed by atoms with E-state index in [1.54, 1.807) is 30.3 Å². The summed E-state index contributed by atoms with van der Waals surface area (Å²) < 4.78 is 101. The summed E-state index contributed by atoms with van der Waals surface area (Å²) in [6, 6.07) is 13.3. The van der Waals surface area contributed by atoms with Gasteiger partial charge in [-0.25, -0.2) is 17.2 Å². The van der Waals surface area contributed by atoms with E-state index >= 15 is 4.39 Å². The van der Waals surface area contributed by atoms with Crippen molar-refractivity contribution in [2.45, 2.75) is 35.1 Å². The molecule has 0 saturated heterocycles. The van der Waals surface area contributed by atoms with Gasteiger partial charge in [-0.1, -0.05) is 23.4 Å². The van der Waals surface area contributed by atoms with Crippen LogP contribution in [-0.4, -0.2) is 20.7 Å². The summed E-state index contributed by atoms with van der Waals surface area (Å²) in [6.45, 7) is -0.266. The van der Waals surface area contributed by atoms with Gasteiger partial charge in [0.15, 0.2) is 27.2 Å². The fourth-order valence-electron chi connectivity index (χ4n) is 5.06. The van der Waals surface area contributed by atoms with E-state index in [0.29, 0.717) is 23.6 Å². The molecule has 194 valence electrons. The zero-order valence-electron chi connectivity index (χ0n) is 19.1. The highest BCUT2D eigenvalue weighted by Crippen LogP contribution is 2.56. The Labute approximate surface area is 209 Å². The fraction of sp³-hybridized carbons (Fsp3) is 0.269. The Morgan fingerprint density at radius 1 is 0.946 bits per heavy atom. The first-order valence-corrected chi connectivity index (χ1v) is 12.8. The molecule has 1 aliphatic heterocycles. The van der Waals surface area contributed by atoms with Crippen molar-refractivity contribution in [2.24, 2.45) is 11.1 Å². The van der Waals surface area contributed by atoms with E-state index in [2.05, 4.69) is 5.16 Å². The molecule has 11 heteroatoms. The first kappa shape index (κ1) is 25.2. The van der Waals surface area contributed by atoms with Crippen LogP contribution in [0.25, 0.3) is 0 Å². The second kappa shape index (κ2) is 9.13. The number of halogens is 5. The molecule has 0 aromatic heterocycles. The van der Waals surface area contributed by atoms with E-state index in [0.717, 1.165) is 24.3 Å². The molecule has 0 amide bonds. The number of sulfone groups is 1. The standard InChI is InChI=1S/C26H20F5NO4S/c27-21-10-11-22(28)24-23(21)25(37(33,34)20-8-6-16(7-9-20)26(29,30)31)13-12-18(14-17(25)15-35-24)32-36-19-4-2-1-3-5-19/h1-11,17H,12-15H2/b32-18-/t17-,25+/m1/s1. The van der Waals surface area contributed by atoms with Crippen LogP contribution in [0.3, 0.4) is 0 Å². The summed E-state index contributed by atoms with van der Waals surface area (Å²) in [5, 5.41) is 4.14. The third-order valence-corrected chi connectivity index (χ3v) is 9.43. The summed E-state index contributed by atoms with van der Waals surface area (Å²) in [6.07, 6.45) is -4.77. The largest absolute Gasteiger partial charge is 0.490 e. The van der Waals surface area contributed by atoms with Crippen molar-refractivity contribution >= 4 is 15.5 Å². The molecule has 5 nitrogen and oxygen atoms in total. The second-order valence-corrected chi connectivity index (χ2v) is 11.1. The van der Waals surface area contributed by atoms with Gasteiger partial charge in [-0.05, 0) is 67.8 Å². The molecule has 1 heterocycles. The van der Waals surface area contributed by atoms with Gasteiger partial charge in [-0.2, -0.15) is 13.2 Å². The summed E-state index contributed by atoms with van der Waals surface area (Å²) in [4.78, 5) is 5.01. The first-order chi connectivity index (χ1) is 17.5. The smallest absolute Gasteiger partial charge is 0.416 e. The molecule has 37 heavy (non-hydrogen) atoms. The van der Waals surface area contributed by atoms with E-state index in [9.17, 15) is 26.0 Å². The van der Waals surface area contributed by atoms with Gasteiger partial charge in [0.05, 0.1) is 28.3 Å². The van der Waals surface area contributed by atoms with Crippen LogP contribution >= 0.6 is 0 Å². The molecule has 0 unspecified atom stereocenters. The molecule has 2 aliphatic rings. The lowest BCUT2D eigenvalue weighted by atomic mass is 9.72. The maximum absolute atomic E-state index is 15.3. The number of benzene rings is 3. The van der Waals surface area contributed by atoms with E-state index in [1.807, 2.05) is 0 Å². The molecule has 3 aromatic rings. The van der Waals surface area contributed by atoms with Crippen molar-refractivity contribution < 1.29 is 39.9 Å². The number of rotatable bonds is 4. The van der Waals surface area contributed by atoms with Crippen LogP contribution in [0.15, 0.2) is 76.8 Å². The maximum atomic E-state index is 15.3. The Bertz CT molecular complexity index is 1460. The SMILES string of the molecule is O=S(=O)(c1ccc(C(F)(F)F)cc1)[C@@]12CC/C(=N/Oc3ccccc3)C[C@@H]1COc1c(F)ccc(F)c12. The predicted molar refractivity (Wildman–Crippen MR) is 124 cm³/mol. The second-order valence-electron chi connectivity index (χ2n) is 8.92. The van der Waals surface area contributed by atoms with Crippen molar-refractivity contribution in [1.82, 2.24) is 0 Å². The van der Waals surface area contributed by atoms with Gasteiger partial charge in [0, 0.05) is 5.92 Å². The maximum Gasteiger partial charge on any atom is 0.416 e. The number of hydrogen-bond acceptors (Lipinski definition) is 5. The molecule has 5 rings (SSSR count). The van der Waals surface area contributed by atoms with E-state index < -0.39 is 60.1 Å². The molecule has 3 aromatic carbocycles. The fourth-order valence-corrected chi connectivity index (χ4v) is 7.40. The monoisotopic (exact) mass is 537 g/mol. The first-order valence-electron chi connectivity index (χ1n) is 11.3. The third kappa shape index (κ3) is 4.24. The van der Waals surface area contributed by atoms with Gasteiger partial charge in [0.2, 0.25) is 0 Å². The average Bonchev–Trinajstić information content (AvgIpc) is 2.89. The van der Waals surface area contributed by atoms with Crippen molar-refractivity contribution in [1.29, 1.82) is 0 Å². The molecule has 0 spiro atoms. The third-order valence-electron chi connectivity index (χ3n) is 6.83. The van der Waals surface area contributed by atoms with Crippen molar-refractivity contribution in [3.8, 4) is 11.5 Å². The predicted octanol–water partition coefficient (Wildman–Crippen LogP) is 6.28. The van der Waals surface area contributed by atoms with Crippen LogP contribution in [-0.2, 0) is 20.8 Å². The van der Waals surface area contributed by atoms with E-state index in [1.165, 1.54) is 0 Å². The minimum Gasteiger partial charge on any atom is -0.490 e. The van der Waals surface area contributed by atoms with Gasteiger partial charge < -0.3 is 9.57 Å². The Balaban J connectivity index is 1.60. The molecule has 0 radical (unpaired) electrons. The Hall–Kier alpha value is -3.47. The van der Waals surface area contributed by atoms with Crippen molar-refractivity contribution in [2.75, 3.05) is 6.61 Å². The molecule has 1 fully saturated rings. The molecule has 0 N–H and O–H groups in total. The Kier molecular flexibility index (Phi) is 6.21. The summed E-state index contributed by atoms with van der Waals surface area (Å²) in [7, 11) is -4.54. The lowest BCUT2D eigenvalue weighted by Gasteiger charge is -2.47. The normalized spacial score (nSPS) is 22.6. The number of alkyl halides is 3. The molecule has 1 aliphatic carbocycles. The molecular weight excluding hydrogens is 517 g/mol. The van der Waals surface area contributed by atoms with Crippen LogP contribution in [0.4, 0.5) is 22.0 Å². The van der Waals surface area contributed by atoms with Crippen LogP contribution in [0.2, 0.25) is 0 Å². The minimum absolute atomic E-state index is 0.0299. The number of nitrogens with zero attached hydrogens (tertiary/aromatic N) is 1. The van der Waals surface area contributed by atoms with Crippen LogP contribution in [0.1, 0.15) is 30.4 Å². The van der Waals surface area contributed by atoms with Crippen LogP contribution in [0.5, 0.6) is 11.5 Å². The minimum atomic E-state index is -4.67. The lowest BCUT2D eigenvalue weighted by molar-refractivity contribution is -0.137. The zero-order valence-corrected chi connectivity index (χ0v) is 20.0. The van der Waals surface area contributed by atoms with Gasteiger partial charge >= 0.3 is 6.18 Å². The topological polar surface area (TPSA) is 65.0 Å². The van der Waals surface area contributed by atoms with E-state index in [-0.39, 0.29) is 25.9 Å². The van der Waals surface area contributed by atoms with Crippen molar-refractivity contribution in [3.63, 3.8) is 0 Å². The number of ether oxygens (including phenoxy) is 1. The molecular formula is C26H20F5NO4S.